The number of para-hydroxylation sites is 2. The fourth-order valence-corrected chi connectivity index (χ4v) is 3.68. The lowest BCUT2D eigenvalue weighted by Crippen LogP contribution is -2.21. The Labute approximate surface area is 121 Å². The molecule has 2 unspecified atom stereocenters. The smallest absolute Gasteiger partial charge is 0.110 e. The van der Waals surface area contributed by atoms with Crippen LogP contribution in [-0.4, -0.2) is 16.1 Å². The first kappa shape index (κ1) is 13.6. The van der Waals surface area contributed by atoms with E-state index in [0.717, 1.165) is 37.4 Å². The number of hydrogen-bond donors (Lipinski definition) is 1. The van der Waals surface area contributed by atoms with Gasteiger partial charge < -0.3 is 10.3 Å². The normalized spacial score (nSPS) is 22.7. The molecule has 1 aromatic carbocycles. The topological polar surface area (TPSA) is 43.8 Å². The minimum absolute atomic E-state index is 0.699. The molecule has 1 aromatic heterocycles. The number of imidazole rings is 1. The molecule has 1 aliphatic carbocycles. The number of nitrogens with zero attached hydrogens (tertiary/aromatic N) is 2. The molecule has 0 radical (unpaired) electrons. The van der Waals surface area contributed by atoms with Gasteiger partial charge in [0.15, 0.2) is 0 Å². The van der Waals surface area contributed by atoms with Gasteiger partial charge in [-0.25, -0.2) is 4.98 Å². The first-order valence-corrected chi connectivity index (χ1v) is 7.97. The Morgan fingerprint density at radius 3 is 2.85 bits per heavy atom. The number of rotatable bonds is 5. The molecular formula is C17H25N3. The van der Waals surface area contributed by atoms with Crippen molar-refractivity contribution in [2.75, 3.05) is 6.54 Å². The van der Waals surface area contributed by atoms with Crippen LogP contribution in [0.3, 0.4) is 0 Å². The predicted molar refractivity (Wildman–Crippen MR) is 83.6 cm³/mol. The van der Waals surface area contributed by atoms with Gasteiger partial charge in [0, 0.05) is 13.0 Å². The fourth-order valence-electron chi connectivity index (χ4n) is 3.68. The molecule has 1 fully saturated rings. The molecule has 1 aliphatic rings. The third-order valence-electron chi connectivity index (χ3n) is 4.74. The Bertz CT molecular complexity index is 573. The highest BCUT2D eigenvalue weighted by molar-refractivity contribution is 5.75. The zero-order valence-electron chi connectivity index (χ0n) is 12.4. The van der Waals surface area contributed by atoms with Gasteiger partial charge in [-0.15, -0.1) is 0 Å². The van der Waals surface area contributed by atoms with Crippen LogP contribution in [0.1, 0.15) is 38.4 Å². The van der Waals surface area contributed by atoms with Crippen molar-refractivity contribution in [3.05, 3.63) is 30.1 Å². The van der Waals surface area contributed by atoms with Gasteiger partial charge >= 0.3 is 0 Å². The van der Waals surface area contributed by atoms with Gasteiger partial charge in [0.05, 0.1) is 11.0 Å². The molecule has 3 rings (SSSR count). The highest BCUT2D eigenvalue weighted by Crippen LogP contribution is 2.34. The average Bonchev–Trinajstić information content (AvgIpc) is 3.05. The van der Waals surface area contributed by atoms with Gasteiger partial charge in [-0.05, 0) is 49.8 Å². The summed E-state index contributed by atoms with van der Waals surface area (Å²) in [4.78, 5) is 4.89. The Morgan fingerprint density at radius 2 is 2.05 bits per heavy atom. The summed E-state index contributed by atoms with van der Waals surface area (Å²) < 4.78 is 2.42. The number of nitrogens with two attached hydrogens (primary N) is 1. The molecule has 0 aliphatic heterocycles. The van der Waals surface area contributed by atoms with Crippen LogP contribution >= 0.6 is 0 Å². The summed E-state index contributed by atoms with van der Waals surface area (Å²) in [7, 11) is 0. The Hall–Kier alpha value is -1.35. The second-order valence-corrected chi connectivity index (χ2v) is 6.06. The minimum Gasteiger partial charge on any atom is -0.330 e. The molecule has 0 amide bonds. The van der Waals surface area contributed by atoms with E-state index in [4.69, 9.17) is 10.7 Å². The van der Waals surface area contributed by atoms with Crippen molar-refractivity contribution in [3.63, 3.8) is 0 Å². The van der Waals surface area contributed by atoms with Crippen LogP contribution in [0.15, 0.2) is 24.3 Å². The molecule has 2 aromatic rings. The second-order valence-electron chi connectivity index (χ2n) is 6.06. The van der Waals surface area contributed by atoms with Gasteiger partial charge in [0.2, 0.25) is 0 Å². The summed E-state index contributed by atoms with van der Waals surface area (Å²) in [6.45, 7) is 4.13. The Balaban J connectivity index is 1.91. The maximum atomic E-state index is 5.92. The van der Waals surface area contributed by atoms with Crippen molar-refractivity contribution < 1.29 is 0 Å². The minimum atomic E-state index is 0.699. The van der Waals surface area contributed by atoms with Crippen LogP contribution in [0.25, 0.3) is 11.0 Å². The fraction of sp³-hybridized carbons (Fsp3) is 0.588. The number of hydrogen-bond acceptors (Lipinski definition) is 2. The lowest BCUT2D eigenvalue weighted by molar-refractivity contribution is 0.382. The highest BCUT2D eigenvalue weighted by Gasteiger charge is 2.27. The summed E-state index contributed by atoms with van der Waals surface area (Å²) in [6.07, 6.45) is 6.20. The van der Waals surface area contributed by atoms with E-state index in [1.165, 1.54) is 30.6 Å². The quantitative estimate of drug-likeness (QED) is 0.906. The lowest BCUT2D eigenvalue weighted by atomic mass is 9.93. The van der Waals surface area contributed by atoms with E-state index in [1.54, 1.807) is 0 Å². The monoisotopic (exact) mass is 271 g/mol. The van der Waals surface area contributed by atoms with Crippen molar-refractivity contribution in [3.8, 4) is 0 Å². The summed E-state index contributed by atoms with van der Waals surface area (Å²) >= 11 is 0. The summed E-state index contributed by atoms with van der Waals surface area (Å²) in [5, 5.41) is 0. The number of aromatic nitrogens is 2. The van der Waals surface area contributed by atoms with Crippen LogP contribution in [0.5, 0.6) is 0 Å². The first-order valence-electron chi connectivity index (χ1n) is 7.97. The van der Waals surface area contributed by atoms with Crippen LogP contribution in [0.2, 0.25) is 0 Å². The number of benzene rings is 1. The zero-order valence-corrected chi connectivity index (χ0v) is 12.4. The van der Waals surface area contributed by atoms with Gasteiger partial charge in [0.25, 0.3) is 0 Å². The highest BCUT2D eigenvalue weighted by atomic mass is 15.1. The lowest BCUT2D eigenvalue weighted by Gasteiger charge is -2.18. The molecule has 108 valence electrons. The maximum Gasteiger partial charge on any atom is 0.110 e. The Kier molecular flexibility index (Phi) is 4.06. The van der Waals surface area contributed by atoms with E-state index < -0.39 is 0 Å². The van der Waals surface area contributed by atoms with Crippen molar-refractivity contribution in [2.45, 2.75) is 45.6 Å². The molecular weight excluding hydrogens is 246 g/mol. The molecule has 2 N–H and O–H groups in total. The van der Waals surface area contributed by atoms with E-state index in [-0.39, 0.29) is 0 Å². The maximum absolute atomic E-state index is 5.92. The molecule has 3 nitrogen and oxygen atoms in total. The van der Waals surface area contributed by atoms with Crippen LogP contribution in [0, 0.1) is 11.8 Å². The third kappa shape index (κ3) is 2.47. The van der Waals surface area contributed by atoms with Crippen LogP contribution in [0.4, 0.5) is 0 Å². The molecule has 1 saturated carbocycles. The molecule has 0 bridgehead atoms. The van der Waals surface area contributed by atoms with E-state index in [2.05, 4.69) is 35.8 Å². The van der Waals surface area contributed by atoms with Crippen LogP contribution < -0.4 is 5.73 Å². The van der Waals surface area contributed by atoms with Gasteiger partial charge in [-0.2, -0.15) is 0 Å². The predicted octanol–water partition coefficient (Wildman–Crippen LogP) is 3.36. The molecule has 1 heterocycles. The summed E-state index contributed by atoms with van der Waals surface area (Å²) in [6, 6.07) is 8.50. The molecule has 0 spiro atoms. The van der Waals surface area contributed by atoms with E-state index in [0.29, 0.717) is 5.92 Å². The van der Waals surface area contributed by atoms with E-state index in [9.17, 15) is 0 Å². The van der Waals surface area contributed by atoms with Crippen molar-refractivity contribution in [2.24, 2.45) is 17.6 Å². The standard InChI is InChI=1S/C17H25N3/c1-2-10-20-16-9-4-3-8-15(16)19-17(20)11-13-6-5-7-14(13)12-18/h3-4,8-9,13-14H,2,5-7,10-12,18H2,1H3. The van der Waals surface area contributed by atoms with E-state index in [1.807, 2.05) is 0 Å². The molecule has 2 atom stereocenters. The van der Waals surface area contributed by atoms with Gasteiger partial charge in [-0.1, -0.05) is 25.5 Å². The number of fused-ring (bicyclic) bond motifs is 1. The molecule has 3 heteroatoms. The van der Waals surface area contributed by atoms with Crippen molar-refractivity contribution >= 4 is 11.0 Å². The third-order valence-corrected chi connectivity index (χ3v) is 4.74. The number of aryl methyl sites for hydroxylation is 1. The SMILES string of the molecule is CCCn1c(CC2CCCC2CN)nc2ccccc21. The van der Waals surface area contributed by atoms with Crippen LogP contribution in [-0.2, 0) is 13.0 Å². The van der Waals surface area contributed by atoms with Gasteiger partial charge in [-0.3, -0.25) is 0 Å². The van der Waals surface area contributed by atoms with Gasteiger partial charge in [0.1, 0.15) is 5.82 Å². The Morgan fingerprint density at radius 1 is 1.25 bits per heavy atom. The summed E-state index contributed by atoms with van der Waals surface area (Å²) in [5.74, 6) is 2.69. The van der Waals surface area contributed by atoms with E-state index >= 15 is 0 Å². The van der Waals surface area contributed by atoms with Crippen molar-refractivity contribution in [1.29, 1.82) is 0 Å². The second kappa shape index (κ2) is 5.96. The zero-order chi connectivity index (χ0) is 13.9. The molecule has 0 saturated heterocycles. The molecule has 20 heavy (non-hydrogen) atoms. The first-order chi connectivity index (χ1) is 9.83. The summed E-state index contributed by atoms with van der Waals surface area (Å²) in [5.41, 5.74) is 8.34. The van der Waals surface area contributed by atoms with Crippen molar-refractivity contribution in [1.82, 2.24) is 9.55 Å². The average molecular weight is 271 g/mol. The largest absolute Gasteiger partial charge is 0.330 e.